The normalized spacial score (nSPS) is 17.8. The van der Waals surface area contributed by atoms with Gasteiger partial charge in [-0.05, 0) is 43.2 Å². The van der Waals surface area contributed by atoms with Crippen LogP contribution in [0.4, 0.5) is 5.69 Å². The molecule has 0 radical (unpaired) electrons. The van der Waals surface area contributed by atoms with Gasteiger partial charge in [0.15, 0.2) is 0 Å². The molecule has 2 aromatic carbocycles. The number of nitrogens with zero attached hydrogens (tertiary/aromatic N) is 1. The Bertz CT molecular complexity index is 670. The zero-order valence-electron chi connectivity index (χ0n) is 14.5. The minimum atomic E-state index is 0.0358. The van der Waals surface area contributed by atoms with Crippen molar-refractivity contribution in [1.82, 2.24) is 5.32 Å². The Labute approximate surface area is 144 Å². The van der Waals surface area contributed by atoms with Crippen LogP contribution in [0.15, 0.2) is 42.5 Å². The van der Waals surface area contributed by atoms with Crippen LogP contribution in [-0.4, -0.2) is 38.0 Å². The van der Waals surface area contributed by atoms with Crippen molar-refractivity contribution < 1.29 is 9.84 Å². The minimum absolute atomic E-state index is 0.0358. The summed E-state index contributed by atoms with van der Waals surface area (Å²) in [7, 11) is 0. The maximum atomic E-state index is 8.90. The summed E-state index contributed by atoms with van der Waals surface area (Å²) in [5, 5.41) is 12.4. The van der Waals surface area contributed by atoms with Crippen LogP contribution >= 0.6 is 0 Å². The van der Waals surface area contributed by atoms with Crippen molar-refractivity contribution in [1.29, 1.82) is 0 Å². The van der Waals surface area contributed by atoms with Crippen molar-refractivity contribution in [2.45, 2.75) is 19.9 Å². The molecule has 1 aliphatic heterocycles. The van der Waals surface area contributed by atoms with Gasteiger partial charge in [0.05, 0.1) is 12.6 Å². The molecular weight excluding hydrogens is 300 g/mol. The number of piperazine rings is 1. The van der Waals surface area contributed by atoms with Gasteiger partial charge < -0.3 is 20.1 Å². The average molecular weight is 326 g/mol. The quantitative estimate of drug-likeness (QED) is 0.887. The number of rotatable bonds is 5. The second kappa shape index (κ2) is 7.69. The lowest BCUT2D eigenvalue weighted by Gasteiger charge is -2.39. The van der Waals surface area contributed by atoms with Crippen LogP contribution in [0.2, 0.25) is 0 Å². The van der Waals surface area contributed by atoms with E-state index in [0.29, 0.717) is 12.6 Å². The Morgan fingerprint density at radius 3 is 2.67 bits per heavy atom. The van der Waals surface area contributed by atoms with Crippen molar-refractivity contribution in [3.05, 3.63) is 59.2 Å². The number of aliphatic hydroxyl groups excluding tert-OH is 1. The maximum absolute atomic E-state index is 8.90. The standard InChI is InChI=1S/C20H26N2O2/c1-15-3-5-17(6-4-15)20-14-21-9-10-22(20)19-8-7-18(13-16(19)2)24-12-11-23/h3-8,13,20-21,23H,9-12,14H2,1-2H3/t20-/m0/s1. The fourth-order valence-corrected chi connectivity index (χ4v) is 3.28. The Balaban J connectivity index is 1.86. The van der Waals surface area contributed by atoms with Gasteiger partial charge in [-0.25, -0.2) is 0 Å². The lowest BCUT2D eigenvalue weighted by molar-refractivity contribution is 0.201. The zero-order valence-corrected chi connectivity index (χ0v) is 14.5. The number of hydrogen-bond donors (Lipinski definition) is 2. The average Bonchev–Trinajstić information content (AvgIpc) is 2.61. The molecule has 4 nitrogen and oxygen atoms in total. The summed E-state index contributed by atoms with van der Waals surface area (Å²) in [6, 6.07) is 15.3. The van der Waals surface area contributed by atoms with Crippen LogP contribution in [0, 0.1) is 13.8 Å². The molecule has 1 atom stereocenters. The van der Waals surface area contributed by atoms with E-state index in [0.717, 1.165) is 25.4 Å². The fourth-order valence-electron chi connectivity index (χ4n) is 3.28. The predicted molar refractivity (Wildman–Crippen MR) is 97.9 cm³/mol. The highest BCUT2D eigenvalue weighted by Gasteiger charge is 2.25. The summed E-state index contributed by atoms with van der Waals surface area (Å²) in [5.74, 6) is 0.812. The smallest absolute Gasteiger partial charge is 0.119 e. The minimum Gasteiger partial charge on any atom is -0.491 e. The molecular formula is C20H26N2O2. The van der Waals surface area contributed by atoms with E-state index >= 15 is 0 Å². The molecule has 24 heavy (non-hydrogen) atoms. The highest BCUT2D eigenvalue weighted by atomic mass is 16.5. The summed E-state index contributed by atoms with van der Waals surface area (Å²) in [5.41, 5.74) is 5.08. The van der Waals surface area contributed by atoms with Gasteiger partial charge >= 0.3 is 0 Å². The molecule has 0 spiro atoms. The second-order valence-corrected chi connectivity index (χ2v) is 6.34. The van der Waals surface area contributed by atoms with Crippen molar-refractivity contribution in [3.63, 3.8) is 0 Å². The van der Waals surface area contributed by atoms with E-state index in [1.54, 1.807) is 0 Å². The first-order valence-electron chi connectivity index (χ1n) is 8.57. The van der Waals surface area contributed by atoms with E-state index in [-0.39, 0.29) is 6.61 Å². The first-order valence-corrected chi connectivity index (χ1v) is 8.57. The highest BCUT2D eigenvalue weighted by Crippen LogP contribution is 2.32. The molecule has 0 unspecified atom stereocenters. The molecule has 0 amide bonds. The number of aryl methyl sites for hydroxylation is 2. The lowest BCUT2D eigenvalue weighted by Crippen LogP contribution is -2.46. The monoisotopic (exact) mass is 326 g/mol. The summed E-state index contributed by atoms with van der Waals surface area (Å²) in [6.07, 6.45) is 0. The van der Waals surface area contributed by atoms with Crippen molar-refractivity contribution >= 4 is 5.69 Å². The third-order valence-electron chi connectivity index (χ3n) is 4.54. The summed E-state index contributed by atoms with van der Waals surface area (Å²) < 4.78 is 5.52. The topological polar surface area (TPSA) is 44.7 Å². The van der Waals surface area contributed by atoms with Gasteiger partial charge in [0.1, 0.15) is 12.4 Å². The van der Waals surface area contributed by atoms with E-state index in [9.17, 15) is 0 Å². The third kappa shape index (κ3) is 3.71. The molecule has 1 saturated heterocycles. The number of nitrogens with one attached hydrogen (secondary N) is 1. The lowest BCUT2D eigenvalue weighted by atomic mass is 10.00. The van der Waals surface area contributed by atoms with Gasteiger partial charge in [-0.15, -0.1) is 0 Å². The molecule has 0 aliphatic carbocycles. The first-order chi connectivity index (χ1) is 11.7. The van der Waals surface area contributed by atoms with Gasteiger partial charge in [-0.3, -0.25) is 0 Å². The molecule has 0 aromatic heterocycles. The van der Waals surface area contributed by atoms with Crippen LogP contribution in [0.3, 0.4) is 0 Å². The van der Waals surface area contributed by atoms with Gasteiger partial charge in [-0.2, -0.15) is 0 Å². The van der Waals surface area contributed by atoms with E-state index in [1.807, 2.05) is 6.07 Å². The molecule has 3 rings (SSSR count). The van der Waals surface area contributed by atoms with Crippen LogP contribution in [0.25, 0.3) is 0 Å². The van der Waals surface area contributed by atoms with Gasteiger partial charge in [-0.1, -0.05) is 29.8 Å². The number of hydrogen-bond acceptors (Lipinski definition) is 4. The summed E-state index contributed by atoms with van der Waals surface area (Å²) in [6.45, 7) is 7.53. The van der Waals surface area contributed by atoms with E-state index < -0.39 is 0 Å². The van der Waals surface area contributed by atoms with Crippen LogP contribution in [0.1, 0.15) is 22.7 Å². The van der Waals surface area contributed by atoms with E-state index in [1.165, 1.54) is 22.4 Å². The zero-order chi connectivity index (χ0) is 16.9. The molecule has 128 valence electrons. The SMILES string of the molecule is Cc1ccc([C@@H]2CNCCN2c2ccc(OCCO)cc2C)cc1. The summed E-state index contributed by atoms with van der Waals surface area (Å²) in [4.78, 5) is 2.48. The van der Waals surface area contributed by atoms with Crippen molar-refractivity contribution in [2.75, 3.05) is 37.7 Å². The fraction of sp³-hybridized carbons (Fsp3) is 0.400. The largest absolute Gasteiger partial charge is 0.491 e. The highest BCUT2D eigenvalue weighted by molar-refractivity contribution is 5.58. The number of ether oxygens (including phenoxy) is 1. The maximum Gasteiger partial charge on any atom is 0.119 e. The molecule has 1 fully saturated rings. The van der Waals surface area contributed by atoms with E-state index in [4.69, 9.17) is 9.84 Å². The van der Waals surface area contributed by atoms with Crippen molar-refractivity contribution in [2.24, 2.45) is 0 Å². The number of benzene rings is 2. The van der Waals surface area contributed by atoms with Crippen LogP contribution in [-0.2, 0) is 0 Å². The molecule has 2 N–H and O–H groups in total. The Hall–Kier alpha value is -2.04. The van der Waals surface area contributed by atoms with Crippen molar-refractivity contribution in [3.8, 4) is 5.75 Å². The number of aliphatic hydroxyl groups is 1. The van der Waals surface area contributed by atoms with Gasteiger partial charge in [0.2, 0.25) is 0 Å². The molecule has 2 aromatic rings. The Morgan fingerprint density at radius 2 is 1.96 bits per heavy atom. The van der Waals surface area contributed by atoms with Crippen LogP contribution < -0.4 is 15.0 Å². The molecule has 0 saturated carbocycles. The second-order valence-electron chi connectivity index (χ2n) is 6.34. The number of anilines is 1. The predicted octanol–water partition coefficient (Wildman–Crippen LogP) is 2.83. The molecule has 1 heterocycles. The Kier molecular flexibility index (Phi) is 5.38. The summed E-state index contributed by atoms with van der Waals surface area (Å²) >= 11 is 0. The third-order valence-corrected chi connectivity index (χ3v) is 4.54. The van der Waals surface area contributed by atoms with Crippen LogP contribution in [0.5, 0.6) is 5.75 Å². The van der Waals surface area contributed by atoms with Gasteiger partial charge in [0, 0.05) is 25.3 Å². The Morgan fingerprint density at radius 1 is 1.17 bits per heavy atom. The van der Waals surface area contributed by atoms with E-state index in [2.05, 4.69) is 60.5 Å². The molecule has 0 bridgehead atoms. The molecule has 4 heteroatoms. The van der Waals surface area contributed by atoms with Gasteiger partial charge in [0.25, 0.3) is 0 Å². The molecule has 1 aliphatic rings. The first kappa shape index (κ1) is 16.8.